The van der Waals surface area contributed by atoms with Gasteiger partial charge in [0, 0.05) is 11.1 Å². The zero-order chi connectivity index (χ0) is 14.0. The van der Waals surface area contributed by atoms with Gasteiger partial charge < -0.3 is 10.8 Å². The van der Waals surface area contributed by atoms with Crippen molar-refractivity contribution in [2.75, 3.05) is 0 Å². The second kappa shape index (κ2) is 4.94. The van der Waals surface area contributed by atoms with Crippen LogP contribution in [0.1, 0.15) is 31.8 Å². The van der Waals surface area contributed by atoms with Crippen LogP contribution in [0.25, 0.3) is 0 Å². The van der Waals surface area contributed by atoms with Gasteiger partial charge in [-0.2, -0.15) is 0 Å². The minimum absolute atomic E-state index is 0.0519. The van der Waals surface area contributed by atoms with Gasteiger partial charge in [-0.1, -0.05) is 18.2 Å². The molecule has 0 bridgehead atoms. The van der Waals surface area contributed by atoms with Crippen LogP contribution in [0.4, 0.5) is 0 Å². The Kier molecular flexibility index (Phi) is 3.33. The maximum atomic E-state index is 12.2. The van der Waals surface area contributed by atoms with Crippen molar-refractivity contribution in [3.63, 3.8) is 0 Å². The quantitative estimate of drug-likeness (QED) is 0.823. The predicted octanol–water partition coefficient (Wildman–Crippen LogP) is 2.03. The standard InChI is InChI=1S/C15H13NO3/c1-9-2-7-12(13(17)8-9)14(18)10-3-5-11(6-4-10)15(16)19/h2-8,17H,1H3,(H2,16,19). The van der Waals surface area contributed by atoms with Crippen LogP contribution in [0.2, 0.25) is 0 Å². The molecule has 2 aromatic carbocycles. The van der Waals surface area contributed by atoms with Gasteiger partial charge in [-0.15, -0.1) is 0 Å². The van der Waals surface area contributed by atoms with Crippen molar-refractivity contribution in [1.29, 1.82) is 0 Å². The molecule has 4 heteroatoms. The summed E-state index contributed by atoms with van der Waals surface area (Å²) in [5.74, 6) is -0.894. The fourth-order valence-electron chi connectivity index (χ4n) is 1.78. The van der Waals surface area contributed by atoms with E-state index in [4.69, 9.17) is 5.73 Å². The third-order valence-corrected chi connectivity index (χ3v) is 2.83. The molecule has 4 nitrogen and oxygen atoms in total. The van der Waals surface area contributed by atoms with E-state index in [1.807, 2.05) is 6.92 Å². The van der Waals surface area contributed by atoms with Gasteiger partial charge >= 0.3 is 0 Å². The summed E-state index contributed by atoms with van der Waals surface area (Å²) in [6, 6.07) is 10.9. The summed E-state index contributed by atoms with van der Waals surface area (Å²) in [6.07, 6.45) is 0. The van der Waals surface area contributed by atoms with Crippen molar-refractivity contribution >= 4 is 11.7 Å². The zero-order valence-electron chi connectivity index (χ0n) is 10.4. The number of phenolic OH excluding ortho intramolecular Hbond substituents is 1. The predicted molar refractivity (Wildman–Crippen MR) is 71.2 cm³/mol. The number of hydrogen-bond donors (Lipinski definition) is 2. The first-order chi connectivity index (χ1) is 8.99. The molecule has 0 heterocycles. The molecule has 96 valence electrons. The van der Waals surface area contributed by atoms with E-state index in [2.05, 4.69) is 0 Å². The second-order valence-electron chi connectivity index (χ2n) is 4.29. The Balaban J connectivity index is 2.36. The number of phenols is 1. The van der Waals surface area contributed by atoms with Crippen LogP contribution >= 0.6 is 0 Å². The highest BCUT2D eigenvalue weighted by Crippen LogP contribution is 2.22. The number of aromatic hydroxyl groups is 1. The summed E-state index contributed by atoms with van der Waals surface area (Å²) in [5, 5.41) is 9.77. The molecule has 1 amide bonds. The maximum Gasteiger partial charge on any atom is 0.248 e. The van der Waals surface area contributed by atoms with Crippen LogP contribution in [0.15, 0.2) is 42.5 Å². The van der Waals surface area contributed by atoms with E-state index in [1.165, 1.54) is 30.3 Å². The lowest BCUT2D eigenvalue weighted by atomic mass is 10.00. The normalized spacial score (nSPS) is 10.2. The monoisotopic (exact) mass is 255 g/mol. The summed E-state index contributed by atoms with van der Waals surface area (Å²) < 4.78 is 0. The van der Waals surface area contributed by atoms with E-state index < -0.39 is 5.91 Å². The first-order valence-electron chi connectivity index (χ1n) is 5.73. The van der Waals surface area contributed by atoms with Crippen LogP contribution < -0.4 is 5.73 Å². The molecule has 0 radical (unpaired) electrons. The Labute approximate surface area is 110 Å². The van der Waals surface area contributed by atoms with Gasteiger partial charge in [-0.25, -0.2) is 0 Å². The van der Waals surface area contributed by atoms with Crippen LogP contribution in [-0.4, -0.2) is 16.8 Å². The largest absolute Gasteiger partial charge is 0.507 e. The van der Waals surface area contributed by atoms with Gasteiger partial charge in [0.05, 0.1) is 5.56 Å². The summed E-state index contributed by atoms with van der Waals surface area (Å²) in [5.41, 5.74) is 6.97. The van der Waals surface area contributed by atoms with Crippen LogP contribution in [0.5, 0.6) is 5.75 Å². The molecular formula is C15H13NO3. The lowest BCUT2D eigenvalue weighted by Gasteiger charge is -2.05. The number of primary amides is 1. The Bertz CT molecular complexity index is 645. The summed E-state index contributed by atoms with van der Waals surface area (Å²) in [6.45, 7) is 1.83. The van der Waals surface area contributed by atoms with Gasteiger partial charge in [0.15, 0.2) is 5.78 Å². The van der Waals surface area contributed by atoms with Crippen LogP contribution in [-0.2, 0) is 0 Å². The highest BCUT2D eigenvalue weighted by Gasteiger charge is 2.13. The van der Waals surface area contributed by atoms with E-state index in [9.17, 15) is 14.7 Å². The number of amides is 1. The molecule has 0 aliphatic carbocycles. The average Bonchev–Trinajstić information content (AvgIpc) is 2.38. The van der Waals surface area contributed by atoms with Gasteiger partial charge in [0.2, 0.25) is 5.91 Å². The molecule has 0 atom stereocenters. The number of benzene rings is 2. The van der Waals surface area contributed by atoms with Crippen molar-refractivity contribution in [2.45, 2.75) is 6.92 Å². The molecule has 0 aromatic heterocycles. The van der Waals surface area contributed by atoms with Gasteiger partial charge in [0.25, 0.3) is 0 Å². The van der Waals surface area contributed by atoms with Crippen molar-refractivity contribution in [3.8, 4) is 5.75 Å². The number of ketones is 1. The van der Waals surface area contributed by atoms with Crippen molar-refractivity contribution < 1.29 is 14.7 Å². The Morgan fingerprint density at radius 2 is 1.58 bits per heavy atom. The summed E-state index contributed by atoms with van der Waals surface area (Å²) in [4.78, 5) is 23.1. The molecule has 2 rings (SSSR count). The highest BCUT2D eigenvalue weighted by molar-refractivity contribution is 6.11. The first-order valence-corrected chi connectivity index (χ1v) is 5.73. The average molecular weight is 255 g/mol. The number of hydrogen-bond acceptors (Lipinski definition) is 3. The van der Waals surface area contributed by atoms with Gasteiger partial charge in [-0.05, 0) is 36.8 Å². The fraction of sp³-hybridized carbons (Fsp3) is 0.0667. The maximum absolute atomic E-state index is 12.2. The molecule has 3 N–H and O–H groups in total. The number of aryl methyl sites for hydroxylation is 1. The van der Waals surface area contributed by atoms with Crippen molar-refractivity contribution in [2.24, 2.45) is 5.73 Å². The van der Waals surface area contributed by atoms with Crippen molar-refractivity contribution in [1.82, 2.24) is 0 Å². The number of carbonyl (C=O) groups excluding carboxylic acids is 2. The third-order valence-electron chi connectivity index (χ3n) is 2.83. The Morgan fingerprint density at radius 1 is 1.00 bits per heavy atom. The van der Waals surface area contributed by atoms with Crippen molar-refractivity contribution in [3.05, 3.63) is 64.7 Å². The molecule has 19 heavy (non-hydrogen) atoms. The van der Waals surface area contributed by atoms with E-state index in [1.54, 1.807) is 12.1 Å². The molecule has 0 fully saturated rings. The van der Waals surface area contributed by atoms with Crippen LogP contribution in [0.3, 0.4) is 0 Å². The van der Waals surface area contributed by atoms with E-state index in [0.717, 1.165) is 5.56 Å². The van der Waals surface area contributed by atoms with Gasteiger partial charge in [-0.3, -0.25) is 9.59 Å². The molecule has 0 unspecified atom stereocenters. The topological polar surface area (TPSA) is 80.4 Å². The SMILES string of the molecule is Cc1ccc(C(=O)c2ccc(C(N)=O)cc2)c(O)c1. The molecule has 0 spiro atoms. The third kappa shape index (κ3) is 2.63. The number of rotatable bonds is 3. The molecule has 0 saturated heterocycles. The summed E-state index contributed by atoms with van der Waals surface area (Å²) >= 11 is 0. The minimum Gasteiger partial charge on any atom is -0.507 e. The first kappa shape index (κ1) is 12.8. The summed E-state index contributed by atoms with van der Waals surface area (Å²) in [7, 11) is 0. The minimum atomic E-state index is -0.544. The van der Waals surface area contributed by atoms with E-state index >= 15 is 0 Å². The number of nitrogens with two attached hydrogens (primary N) is 1. The lowest BCUT2D eigenvalue weighted by Crippen LogP contribution is -2.11. The molecule has 0 aliphatic heterocycles. The van der Waals surface area contributed by atoms with Crippen LogP contribution in [0, 0.1) is 6.92 Å². The molecule has 0 saturated carbocycles. The van der Waals surface area contributed by atoms with Gasteiger partial charge in [0.1, 0.15) is 5.75 Å². The molecule has 2 aromatic rings. The van der Waals surface area contributed by atoms with E-state index in [-0.39, 0.29) is 17.1 Å². The zero-order valence-corrected chi connectivity index (χ0v) is 10.4. The van der Waals surface area contributed by atoms with E-state index in [0.29, 0.717) is 11.1 Å². The molecule has 0 aliphatic rings. The lowest BCUT2D eigenvalue weighted by molar-refractivity contribution is 0.0996. The number of carbonyl (C=O) groups is 2. The Hall–Kier alpha value is -2.62. The highest BCUT2D eigenvalue weighted by atomic mass is 16.3. The Morgan fingerprint density at radius 3 is 2.11 bits per heavy atom. The fourth-order valence-corrected chi connectivity index (χ4v) is 1.78. The molecular weight excluding hydrogens is 242 g/mol. The smallest absolute Gasteiger partial charge is 0.248 e. The second-order valence-corrected chi connectivity index (χ2v) is 4.29.